The van der Waals surface area contributed by atoms with Gasteiger partial charge >= 0.3 is 0 Å². The molecule has 1 aromatic rings. The van der Waals surface area contributed by atoms with Crippen molar-refractivity contribution in [3.8, 4) is 0 Å². The summed E-state index contributed by atoms with van der Waals surface area (Å²) >= 11 is 3.19. The lowest BCUT2D eigenvalue weighted by Crippen LogP contribution is -2.45. The molecular formula is C11H16BrN3O3S. The Kier molecular flexibility index (Phi) is 4.44. The monoisotopic (exact) mass is 349 g/mol. The normalized spacial score (nSPS) is 21.5. The van der Waals surface area contributed by atoms with Crippen molar-refractivity contribution in [1.29, 1.82) is 0 Å². The highest BCUT2D eigenvalue weighted by Crippen LogP contribution is 2.28. The molecule has 0 amide bonds. The van der Waals surface area contributed by atoms with Gasteiger partial charge in [-0.1, -0.05) is 6.42 Å². The highest BCUT2D eigenvalue weighted by atomic mass is 79.9. The summed E-state index contributed by atoms with van der Waals surface area (Å²) in [5.74, 6) is -0.0227. The number of piperidine rings is 1. The number of anilines is 1. The van der Waals surface area contributed by atoms with Crippen molar-refractivity contribution in [3.63, 3.8) is 0 Å². The summed E-state index contributed by atoms with van der Waals surface area (Å²) < 4.78 is 27.1. The Morgan fingerprint density at radius 1 is 1.53 bits per heavy atom. The van der Waals surface area contributed by atoms with Crippen LogP contribution in [-0.4, -0.2) is 42.0 Å². The average Bonchev–Trinajstić information content (AvgIpc) is 2.41. The molecule has 0 radical (unpaired) electrons. The van der Waals surface area contributed by atoms with E-state index in [9.17, 15) is 13.5 Å². The van der Waals surface area contributed by atoms with Crippen LogP contribution in [0.4, 0.5) is 5.82 Å². The van der Waals surface area contributed by atoms with E-state index in [0.717, 1.165) is 12.8 Å². The zero-order chi connectivity index (χ0) is 14.0. The molecule has 106 valence electrons. The minimum absolute atomic E-state index is 0.0118. The number of nitrogen functional groups attached to an aromatic ring is 1. The van der Waals surface area contributed by atoms with Crippen molar-refractivity contribution >= 4 is 31.8 Å². The minimum atomic E-state index is -3.72. The second kappa shape index (κ2) is 5.74. The van der Waals surface area contributed by atoms with E-state index in [1.807, 2.05) is 0 Å². The Morgan fingerprint density at radius 2 is 2.26 bits per heavy atom. The Bertz CT molecular complexity index is 564. The molecule has 1 atom stereocenters. The first-order valence-electron chi connectivity index (χ1n) is 6.00. The van der Waals surface area contributed by atoms with Crippen molar-refractivity contribution in [2.75, 3.05) is 18.9 Å². The van der Waals surface area contributed by atoms with Gasteiger partial charge in [0.05, 0.1) is 6.61 Å². The molecular weight excluding hydrogens is 334 g/mol. The van der Waals surface area contributed by atoms with Crippen LogP contribution in [0.2, 0.25) is 0 Å². The van der Waals surface area contributed by atoms with Crippen LogP contribution in [0.1, 0.15) is 19.3 Å². The number of hydrogen-bond acceptors (Lipinski definition) is 5. The van der Waals surface area contributed by atoms with Gasteiger partial charge in [0.15, 0.2) is 0 Å². The number of pyridine rings is 1. The zero-order valence-electron chi connectivity index (χ0n) is 10.3. The van der Waals surface area contributed by atoms with E-state index in [4.69, 9.17) is 5.73 Å². The number of aliphatic hydroxyl groups excluding tert-OH is 1. The number of hydrogen-bond donors (Lipinski definition) is 2. The van der Waals surface area contributed by atoms with Crippen LogP contribution >= 0.6 is 15.9 Å². The topological polar surface area (TPSA) is 96.5 Å². The van der Waals surface area contributed by atoms with Crippen molar-refractivity contribution < 1.29 is 13.5 Å². The predicted molar refractivity (Wildman–Crippen MR) is 75.0 cm³/mol. The number of rotatable bonds is 3. The van der Waals surface area contributed by atoms with Gasteiger partial charge < -0.3 is 10.8 Å². The average molecular weight is 350 g/mol. The SMILES string of the molecule is Nc1ncc(Br)cc1S(=O)(=O)N1CCCCC1CO. The van der Waals surface area contributed by atoms with Crippen LogP contribution < -0.4 is 5.73 Å². The van der Waals surface area contributed by atoms with Gasteiger partial charge in [0, 0.05) is 23.3 Å². The molecule has 19 heavy (non-hydrogen) atoms. The number of sulfonamides is 1. The predicted octanol–water partition coefficient (Wildman–Crippen LogP) is 0.962. The molecule has 8 heteroatoms. The van der Waals surface area contributed by atoms with Crippen LogP contribution in [-0.2, 0) is 10.0 Å². The Hall–Kier alpha value is -0.700. The molecule has 6 nitrogen and oxygen atoms in total. The van der Waals surface area contributed by atoms with Crippen molar-refractivity contribution in [3.05, 3.63) is 16.7 Å². The van der Waals surface area contributed by atoms with Crippen LogP contribution in [0.5, 0.6) is 0 Å². The summed E-state index contributed by atoms with van der Waals surface area (Å²) in [7, 11) is -3.72. The van der Waals surface area contributed by atoms with Gasteiger partial charge in [-0.25, -0.2) is 13.4 Å². The molecule has 0 aromatic carbocycles. The van der Waals surface area contributed by atoms with E-state index in [0.29, 0.717) is 17.4 Å². The van der Waals surface area contributed by atoms with Crippen LogP contribution in [0.15, 0.2) is 21.6 Å². The maximum Gasteiger partial charge on any atom is 0.247 e. The Balaban J connectivity index is 2.43. The maximum atomic E-state index is 12.6. The van der Waals surface area contributed by atoms with Gasteiger partial charge in [0.2, 0.25) is 10.0 Å². The van der Waals surface area contributed by atoms with Crippen molar-refractivity contribution in [2.24, 2.45) is 0 Å². The molecule has 0 saturated carbocycles. The lowest BCUT2D eigenvalue weighted by atomic mass is 10.1. The number of nitrogens with two attached hydrogens (primary N) is 1. The second-order valence-electron chi connectivity index (χ2n) is 4.48. The molecule has 1 saturated heterocycles. The summed E-state index contributed by atoms with van der Waals surface area (Å²) in [6, 6.07) is 1.07. The molecule has 0 bridgehead atoms. The van der Waals surface area contributed by atoms with Gasteiger partial charge in [0.25, 0.3) is 0 Å². The molecule has 1 aromatic heterocycles. The number of aliphatic hydroxyl groups is 1. The standard InChI is InChI=1S/C11H16BrN3O3S/c12-8-5-10(11(13)14-6-8)19(17,18)15-4-2-1-3-9(15)7-16/h5-6,9,16H,1-4,7H2,(H2,13,14). The molecule has 2 heterocycles. The maximum absolute atomic E-state index is 12.6. The molecule has 1 aliphatic heterocycles. The van der Waals surface area contributed by atoms with Crippen molar-refractivity contribution in [2.45, 2.75) is 30.2 Å². The van der Waals surface area contributed by atoms with Gasteiger partial charge in [-0.3, -0.25) is 0 Å². The fourth-order valence-electron chi connectivity index (χ4n) is 2.24. The zero-order valence-corrected chi connectivity index (χ0v) is 12.7. The first kappa shape index (κ1) is 14.7. The van der Waals surface area contributed by atoms with E-state index in [-0.39, 0.29) is 23.4 Å². The lowest BCUT2D eigenvalue weighted by Gasteiger charge is -2.33. The highest BCUT2D eigenvalue weighted by Gasteiger charge is 2.34. The molecule has 1 fully saturated rings. The quantitative estimate of drug-likeness (QED) is 0.847. The summed E-state index contributed by atoms with van der Waals surface area (Å²) in [6.45, 7) is 0.222. The van der Waals surface area contributed by atoms with Gasteiger partial charge in [0.1, 0.15) is 10.7 Å². The van der Waals surface area contributed by atoms with E-state index in [1.54, 1.807) is 0 Å². The number of aromatic nitrogens is 1. The van der Waals surface area contributed by atoms with Gasteiger partial charge in [-0.05, 0) is 34.8 Å². The summed E-state index contributed by atoms with van der Waals surface area (Å²) in [5.41, 5.74) is 5.67. The Labute approximate surface area is 120 Å². The fourth-order valence-corrected chi connectivity index (χ4v) is 4.50. The molecule has 2 rings (SSSR count). The fraction of sp³-hybridized carbons (Fsp3) is 0.545. The second-order valence-corrected chi connectivity index (χ2v) is 7.26. The Morgan fingerprint density at radius 3 is 2.95 bits per heavy atom. The first-order chi connectivity index (χ1) is 8.96. The molecule has 0 aliphatic carbocycles. The summed E-state index contributed by atoms with van der Waals surface area (Å²) in [6.07, 6.45) is 3.83. The largest absolute Gasteiger partial charge is 0.395 e. The minimum Gasteiger partial charge on any atom is -0.395 e. The van der Waals surface area contributed by atoms with E-state index in [2.05, 4.69) is 20.9 Å². The molecule has 0 spiro atoms. The van der Waals surface area contributed by atoms with Gasteiger partial charge in [-0.2, -0.15) is 4.31 Å². The summed E-state index contributed by atoms with van der Waals surface area (Å²) in [5, 5.41) is 9.33. The van der Waals surface area contributed by atoms with Crippen LogP contribution in [0.25, 0.3) is 0 Å². The van der Waals surface area contributed by atoms with E-state index >= 15 is 0 Å². The van der Waals surface area contributed by atoms with Gasteiger partial charge in [-0.15, -0.1) is 0 Å². The molecule has 1 aliphatic rings. The third kappa shape index (κ3) is 2.91. The van der Waals surface area contributed by atoms with E-state index < -0.39 is 10.0 Å². The smallest absolute Gasteiger partial charge is 0.247 e. The molecule has 1 unspecified atom stereocenters. The third-order valence-corrected chi connectivity index (χ3v) is 5.63. The molecule has 3 N–H and O–H groups in total. The number of halogens is 1. The lowest BCUT2D eigenvalue weighted by molar-refractivity contribution is 0.155. The van der Waals surface area contributed by atoms with Crippen molar-refractivity contribution in [1.82, 2.24) is 9.29 Å². The third-order valence-electron chi connectivity index (χ3n) is 3.22. The van der Waals surface area contributed by atoms with Crippen LogP contribution in [0, 0.1) is 0 Å². The first-order valence-corrected chi connectivity index (χ1v) is 8.24. The number of nitrogens with zero attached hydrogens (tertiary/aromatic N) is 2. The van der Waals surface area contributed by atoms with E-state index in [1.165, 1.54) is 16.6 Å². The van der Waals surface area contributed by atoms with Crippen LogP contribution in [0.3, 0.4) is 0 Å². The highest BCUT2D eigenvalue weighted by molar-refractivity contribution is 9.10. The summed E-state index contributed by atoms with van der Waals surface area (Å²) in [4.78, 5) is 3.84.